The van der Waals surface area contributed by atoms with E-state index in [-0.39, 0.29) is 11.2 Å². The van der Waals surface area contributed by atoms with Crippen molar-refractivity contribution >= 4 is 5.78 Å². The quantitative estimate of drug-likeness (QED) is 0.485. The van der Waals surface area contributed by atoms with E-state index in [1.807, 2.05) is 12.2 Å². The van der Waals surface area contributed by atoms with Gasteiger partial charge in [-0.25, -0.2) is 0 Å². The molecular formula is C27H42O. The minimum Gasteiger partial charge on any atom is -0.290 e. The molecule has 0 aromatic rings. The molecule has 0 saturated heterocycles. The van der Waals surface area contributed by atoms with Crippen LogP contribution in [0.1, 0.15) is 92.4 Å². The maximum Gasteiger partial charge on any atom is 0.178 e. The summed E-state index contributed by atoms with van der Waals surface area (Å²) in [6, 6.07) is 0. The molecule has 0 N–H and O–H groups in total. The number of rotatable bonds is 5. The van der Waals surface area contributed by atoms with Crippen LogP contribution in [0.15, 0.2) is 23.8 Å². The van der Waals surface area contributed by atoms with Crippen LogP contribution in [0.5, 0.6) is 0 Å². The summed E-state index contributed by atoms with van der Waals surface area (Å²) in [6.45, 7) is 12.4. The lowest BCUT2D eigenvalue weighted by molar-refractivity contribution is -0.111. The van der Waals surface area contributed by atoms with Crippen LogP contribution >= 0.6 is 0 Å². The number of carbonyl (C=O) groups excluding carboxylic acids is 1. The van der Waals surface area contributed by atoms with Gasteiger partial charge in [0.15, 0.2) is 5.78 Å². The summed E-state index contributed by atoms with van der Waals surface area (Å²) in [4.78, 5) is 11.9. The third-order valence-corrected chi connectivity index (χ3v) is 9.76. The molecule has 0 aromatic carbocycles. The minimum atomic E-state index is 0.152. The second-order valence-electron chi connectivity index (χ2n) is 11.6. The van der Waals surface area contributed by atoms with Crippen LogP contribution in [-0.2, 0) is 4.79 Å². The Morgan fingerprint density at radius 3 is 2.57 bits per heavy atom. The molecule has 0 bridgehead atoms. The lowest BCUT2D eigenvalue weighted by atomic mass is 9.47. The van der Waals surface area contributed by atoms with E-state index in [1.165, 1.54) is 56.9 Å². The summed E-state index contributed by atoms with van der Waals surface area (Å²) in [7, 11) is 0. The number of hydrogen-bond acceptors (Lipinski definition) is 1. The first kappa shape index (κ1) is 20.4. The number of carbonyl (C=O) groups is 1. The predicted molar refractivity (Wildman–Crippen MR) is 118 cm³/mol. The smallest absolute Gasteiger partial charge is 0.178 e. The molecule has 156 valence electrons. The van der Waals surface area contributed by atoms with E-state index < -0.39 is 0 Å². The van der Waals surface area contributed by atoms with Gasteiger partial charge in [0.2, 0.25) is 0 Å². The summed E-state index contributed by atoms with van der Waals surface area (Å²) in [5, 5.41) is 0. The van der Waals surface area contributed by atoms with Crippen LogP contribution < -0.4 is 0 Å². The van der Waals surface area contributed by atoms with E-state index in [2.05, 4.69) is 40.7 Å². The molecule has 4 aliphatic carbocycles. The van der Waals surface area contributed by atoms with Gasteiger partial charge in [0, 0.05) is 5.41 Å². The second kappa shape index (κ2) is 7.44. The molecule has 4 aliphatic rings. The van der Waals surface area contributed by atoms with Crippen LogP contribution in [0, 0.1) is 46.3 Å². The summed E-state index contributed by atoms with van der Waals surface area (Å²) in [6.07, 6.45) is 18.5. The normalized spacial score (nSPS) is 43.4. The molecule has 4 unspecified atom stereocenters. The third kappa shape index (κ3) is 3.25. The zero-order valence-electron chi connectivity index (χ0n) is 19.0. The molecule has 0 amide bonds. The standard InChI is InChI=1S/C27H42O/c1-18(2)7-6-8-19(3)23-11-12-24-22-10-9-20-17-21(28)13-15-26(20,4)25(22)14-16-27(23,24)5/h13,15,17-19,22-25H,6-12,14,16H2,1-5H3/t19?,22-,23?,24?,25?,26-,27+/m0/s1. The summed E-state index contributed by atoms with van der Waals surface area (Å²) in [5.41, 5.74) is 2.14. The monoisotopic (exact) mass is 382 g/mol. The van der Waals surface area contributed by atoms with Gasteiger partial charge in [-0.15, -0.1) is 0 Å². The molecule has 3 fully saturated rings. The average molecular weight is 383 g/mol. The maximum atomic E-state index is 11.9. The lowest BCUT2D eigenvalue weighted by Crippen LogP contribution is -2.50. The van der Waals surface area contributed by atoms with Gasteiger partial charge in [0.05, 0.1) is 0 Å². The molecule has 3 saturated carbocycles. The van der Waals surface area contributed by atoms with E-state index in [1.54, 1.807) is 0 Å². The highest BCUT2D eigenvalue weighted by Crippen LogP contribution is 2.67. The number of ketones is 1. The van der Waals surface area contributed by atoms with Crippen molar-refractivity contribution in [3.05, 3.63) is 23.8 Å². The fraction of sp³-hybridized carbons (Fsp3) is 0.815. The van der Waals surface area contributed by atoms with Gasteiger partial charge in [-0.3, -0.25) is 4.79 Å². The van der Waals surface area contributed by atoms with E-state index in [0.29, 0.717) is 5.41 Å². The molecule has 4 rings (SSSR count). The highest BCUT2D eigenvalue weighted by Gasteiger charge is 2.58. The Morgan fingerprint density at radius 1 is 1.04 bits per heavy atom. The third-order valence-electron chi connectivity index (χ3n) is 9.76. The number of allylic oxidation sites excluding steroid dienone is 4. The fourth-order valence-corrected chi connectivity index (χ4v) is 8.22. The van der Waals surface area contributed by atoms with Crippen molar-refractivity contribution in [1.82, 2.24) is 0 Å². The van der Waals surface area contributed by atoms with Gasteiger partial charge in [-0.2, -0.15) is 0 Å². The van der Waals surface area contributed by atoms with Crippen molar-refractivity contribution in [1.29, 1.82) is 0 Å². The number of fused-ring (bicyclic) bond motifs is 5. The van der Waals surface area contributed by atoms with Gasteiger partial charge in [-0.05, 0) is 91.6 Å². The molecule has 7 atom stereocenters. The highest BCUT2D eigenvalue weighted by molar-refractivity contribution is 6.01. The van der Waals surface area contributed by atoms with Gasteiger partial charge < -0.3 is 0 Å². The second-order valence-corrected chi connectivity index (χ2v) is 11.6. The summed E-state index contributed by atoms with van der Waals surface area (Å²) < 4.78 is 0. The van der Waals surface area contributed by atoms with Crippen molar-refractivity contribution in [3.8, 4) is 0 Å². The highest BCUT2D eigenvalue weighted by atomic mass is 16.1. The van der Waals surface area contributed by atoms with E-state index in [9.17, 15) is 4.79 Å². The van der Waals surface area contributed by atoms with Gasteiger partial charge >= 0.3 is 0 Å². The van der Waals surface area contributed by atoms with Gasteiger partial charge in [-0.1, -0.05) is 65.5 Å². The maximum absolute atomic E-state index is 11.9. The fourth-order valence-electron chi connectivity index (χ4n) is 8.22. The molecule has 1 heteroatoms. The summed E-state index contributed by atoms with van der Waals surface area (Å²) >= 11 is 0. The van der Waals surface area contributed by atoms with Crippen molar-refractivity contribution in [2.75, 3.05) is 0 Å². The topological polar surface area (TPSA) is 17.1 Å². The molecular weight excluding hydrogens is 340 g/mol. The summed E-state index contributed by atoms with van der Waals surface area (Å²) in [5.74, 6) is 5.40. The van der Waals surface area contributed by atoms with Gasteiger partial charge in [0.1, 0.15) is 0 Å². The average Bonchev–Trinajstić information content (AvgIpc) is 2.99. The zero-order chi connectivity index (χ0) is 20.1. The van der Waals surface area contributed by atoms with E-state index >= 15 is 0 Å². The predicted octanol–water partition coefficient (Wildman–Crippen LogP) is 7.37. The van der Waals surface area contributed by atoms with Crippen molar-refractivity contribution in [2.24, 2.45) is 46.3 Å². The Bertz CT molecular complexity index is 670. The van der Waals surface area contributed by atoms with Crippen molar-refractivity contribution in [3.63, 3.8) is 0 Å². The van der Waals surface area contributed by atoms with Crippen LogP contribution in [-0.4, -0.2) is 5.78 Å². The molecule has 0 radical (unpaired) electrons. The Balaban J connectivity index is 1.50. The Labute approximate surface area is 173 Å². The molecule has 0 aromatic heterocycles. The molecule has 1 nitrogen and oxygen atoms in total. The first-order valence-electron chi connectivity index (χ1n) is 12.2. The Kier molecular flexibility index (Phi) is 5.43. The molecule has 28 heavy (non-hydrogen) atoms. The number of hydrogen-bond donors (Lipinski definition) is 0. The minimum absolute atomic E-state index is 0.152. The van der Waals surface area contributed by atoms with Crippen molar-refractivity contribution in [2.45, 2.75) is 92.4 Å². The zero-order valence-corrected chi connectivity index (χ0v) is 19.0. The molecule has 0 spiro atoms. The van der Waals surface area contributed by atoms with Gasteiger partial charge in [0.25, 0.3) is 0 Å². The first-order chi connectivity index (χ1) is 13.3. The molecule has 0 aliphatic heterocycles. The largest absolute Gasteiger partial charge is 0.290 e. The van der Waals surface area contributed by atoms with E-state index in [4.69, 9.17) is 0 Å². The van der Waals surface area contributed by atoms with Crippen LogP contribution in [0.25, 0.3) is 0 Å². The Hall–Kier alpha value is -0.850. The lowest BCUT2D eigenvalue weighted by Gasteiger charge is -2.57. The first-order valence-corrected chi connectivity index (χ1v) is 12.2. The SMILES string of the molecule is CC(C)CCCC(C)C1CCC2[C@@H]3CCC4=CC(=O)C=C[C@]4(C)C3CC[C@]12C. The molecule has 0 heterocycles. The van der Waals surface area contributed by atoms with Crippen LogP contribution in [0.3, 0.4) is 0 Å². The van der Waals surface area contributed by atoms with E-state index in [0.717, 1.165) is 41.9 Å². The Morgan fingerprint density at radius 2 is 1.82 bits per heavy atom. The van der Waals surface area contributed by atoms with Crippen LogP contribution in [0.2, 0.25) is 0 Å². The van der Waals surface area contributed by atoms with Crippen molar-refractivity contribution < 1.29 is 4.79 Å². The van der Waals surface area contributed by atoms with Crippen LogP contribution in [0.4, 0.5) is 0 Å².